The molecule has 3 rings (SSSR count). The molecule has 148 valence electrons. The number of β-lactam (4-membered cyclic amide) rings is 1. The molecule has 1 aliphatic heterocycles. The van der Waals surface area contributed by atoms with Gasteiger partial charge in [0.25, 0.3) is 0 Å². The molecule has 28 heavy (non-hydrogen) atoms. The summed E-state index contributed by atoms with van der Waals surface area (Å²) in [5, 5.41) is 1.28. The molecule has 3 atom stereocenters. The molecule has 1 amide bonds. The van der Waals surface area contributed by atoms with Crippen LogP contribution in [0.25, 0.3) is 0 Å². The van der Waals surface area contributed by atoms with Crippen molar-refractivity contribution in [3.63, 3.8) is 0 Å². The molecule has 2 aromatic rings. The largest absolute Gasteiger partial charge is 0.497 e. The molecule has 0 aliphatic carbocycles. The highest BCUT2D eigenvalue weighted by molar-refractivity contribution is 6.91. The van der Waals surface area contributed by atoms with Crippen molar-refractivity contribution in [1.29, 1.82) is 0 Å². The summed E-state index contributed by atoms with van der Waals surface area (Å²) in [6.07, 6.45) is 0. The van der Waals surface area contributed by atoms with Gasteiger partial charge in [-0.25, -0.2) is 4.79 Å². The number of esters is 1. The molecule has 0 unspecified atom stereocenters. The number of hydrogen-bond donors (Lipinski definition) is 0. The topological polar surface area (TPSA) is 55.8 Å². The lowest BCUT2D eigenvalue weighted by atomic mass is 9.84. The van der Waals surface area contributed by atoms with Crippen LogP contribution in [0.3, 0.4) is 0 Å². The number of anilines is 1. The number of ether oxygens (including phenoxy) is 2. The molecule has 0 radical (unpaired) electrons. The maximum atomic E-state index is 13.2. The average molecular weight is 398 g/mol. The number of amides is 1. The van der Waals surface area contributed by atoms with Gasteiger partial charge in [0.1, 0.15) is 11.8 Å². The van der Waals surface area contributed by atoms with Gasteiger partial charge in [0.15, 0.2) is 0 Å². The van der Waals surface area contributed by atoms with E-state index in [4.69, 9.17) is 9.47 Å². The van der Waals surface area contributed by atoms with Crippen LogP contribution in [0.15, 0.2) is 54.6 Å². The van der Waals surface area contributed by atoms with E-state index >= 15 is 0 Å². The second kappa shape index (κ2) is 7.79. The van der Waals surface area contributed by atoms with Crippen molar-refractivity contribution in [3.05, 3.63) is 54.6 Å². The Morgan fingerprint density at radius 3 is 2.18 bits per heavy atom. The number of benzene rings is 2. The minimum absolute atomic E-state index is 0.0235. The Balaban J connectivity index is 1.92. The van der Waals surface area contributed by atoms with Crippen molar-refractivity contribution in [2.24, 2.45) is 5.92 Å². The second-order valence-corrected chi connectivity index (χ2v) is 12.7. The van der Waals surface area contributed by atoms with Gasteiger partial charge >= 0.3 is 5.97 Å². The van der Waals surface area contributed by atoms with Crippen molar-refractivity contribution in [2.45, 2.75) is 31.6 Å². The van der Waals surface area contributed by atoms with Crippen LogP contribution < -0.4 is 14.8 Å². The highest BCUT2D eigenvalue weighted by Crippen LogP contribution is 2.44. The van der Waals surface area contributed by atoms with E-state index in [0.717, 1.165) is 0 Å². The fourth-order valence-electron chi connectivity index (χ4n) is 3.98. The lowest BCUT2D eigenvalue weighted by Gasteiger charge is -2.50. The normalized spacial score (nSPS) is 20.3. The molecule has 1 saturated heterocycles. The zero-order valence-electron chi connectivity index (χ0n) is 17.0. The van der Waals surface area contributed by atoms with Gasteiger partial charge in [-0.2, -0.15) is 0 Å². The maximum absolute atomic E-state index is 13.2. The van der Waals surface area contributed by atoms with Crippen LogP contribution in [0.2, 0.25) is 18.6 Å². The SMILES string of the molecule is COC(=O)[C@@H]1[C@@H]([C@@H](C)[Si](C)(C)c2ccccc2)C(=O)N1c1ccc(OC)cc1. The Kier molecular flexibility index (Phi) is 5.61. The molecule has 1 fully saturated rings. The molecular weight excluding hydrogens is 370 g/mol. The first-order chi connectivity index (χ1) is 13.3. The lowest BCUT2D eigenvalue weighted by Crippen LogP contribution is -2.69. The van der Waals surface area contributed by atoms with Crippen molar-refractivity contribution < 1.29 is 19.1 Å². The van der Waals surface area contributed by atoms with Crippen molar-refractivity contribution in [3.8, 4) is 5.75 Å². The zero-order valence-corrected chi connectivity index (χ0v) is 18.0. The van der Waals surface area contributed by atoms with Crippen LogP contribution >= 0.6 is 0 Å². The first-order valence-corrected chi connectivity index (χ1v) is 12.5. The van der Waals surface area contributed by atoms with Crippen LogP contribution in [0.1, 0.15) is 6.92 Å². The summed E-state index contributed by atoms with van der Waals surface area (Å²) in [5.74, 6) is -0.0694. The van der Waals surface area contributed by atoms with Gasteiger partial charge in [0.05, 0.1) is 28.2 Å². The molecule has 5 nitrogen and oxygen atoms in total. The van der Waals surface area contributed by atoms with Crippen molar-refractivity contribution >= 4 is 30.8 Å². The molecule has 0 bridgehead atoms. The molecule has 0 spiro atoms. The molecule has 1 aliphatic rings. The molecule has 0 saturated carbocycles. The summed E-state index contributed by atoms with van der Waals surface area (Å²) < 4.78 is 10.2. The summed E-state index contributed by atoms with van der Waals surface area (Å²) in [5.41, 5.74) is 0.768. The lowest BCUT2D eigenvalue weighted by molar-refractivity contribution is -0.152. The van der Waals surface area contributed by atoms with Crippen LogP contribution in [-0.2, 0) is 14.3 Å². The molecule has 1 heterocycles. The van der Waals surface area contributed by atoms with Crippen LogP contribution in [0.5, 0.6) is 5.75 Å². The van der Waals surface area contributed by atoms with E-state index in [1.54, 1.807) is 36.3 Å². The van der Waals surface area contributed by atoms with Gasteiger partial charge in [-0.1, -0.05) is 55.5 Å². The number of methoxy groups -OCH3 is 2. The smallest absolute Gasteiger partial charge is 0.329 e. The molecule has 0 N–H and O–H groups in total. The predicted molar refractivity (Wildman–Crippen MR) is 113 cm³/mol. The monoisotopic (exact) mass is 397 g/mol. The van der Waals surface area contributed by atoms with E-state index in [-0.39, 0.29) is 23.3 Å². The first-order valence-electron chi connectivity index (χ1n) is 9.43. The Bertz CT molecular complexity index is 851. The minimum Gasteiger partial charge on any atom is -0.497 e. The standard InChI is InChI=1S/C22H27NO4Si/c1-15(28(4,5)18-9-7-6-8-10-18)19-20(22(25)27-3)23(21(19)24)16-11-13-17(26-2)14-12-16/h6-15,19-20H,1-5H3/t15-,19-,20+/m1/s1. The molecule has 6 heteroatoms. The van der Waals surface area contributed by atoms with Crippen molar-refractivity contribution in [2.75, 3.05) is 19.1 Å². The third-order valence-electron chi connectivity index (χ3n) is 6.13. The highest BCUT2D eigenvalue weighted by atomic mass is 28.3. The van der Waals surface area contributed by atoms with Crippen LogP contribution in [0.4, 0.5) is 5.69 Å². The molecular formula is C22H27NO4Si. The summed E-state index contributed by atoms with van der Waals surface area (Å²) in [6, 6.07) is 16.9. The van der Waals surface area contributed by atoms with Crippen molar-refractivity contribution in [1.82, 2.24) is 0 Å². The fraction of sp³-hybridized carbons (Fsp3) is 0.364. The number of nitrogens with zero attached hydrogens (tertiary/aromatic N) is 1. The number of carbonyl (C=O) groups excluding carboxylic acids is 2. The summed E-state index contributed by atoms with van der Waals surface area (Å²) in [6.45, 7) is 6.61. The van der Waals surface area contributed by atoms with Gasteiger partial charge in [0, 0.05) is 5.69 Å². The quantitative estimate of drug-likeness (QED) is 0.427. The molecule has 0 aromatic heterocycles. The van der Waals surface area contributed by atoms with E-state index in [0.29, 0.717) is 11.4 Å². The number of hydrogen-bond acceptors (Lipinski definition) is 4. The minimum atomic E-state index is -1.98. The Morgan fingerprint density at radius 1 is 1.04 bits per heavy atom. The maximum Gasteiger partial charge on any atom is 0.329 e. The first kappa shape index (κ1) is 20.1. The van der Waals surface area contributed by atoms with E-state index in [9.17, 15) is 9.59 Å². The van der Waals surface area contributed by atoms with E-state index in [2.05, 4.69) is 32.2 Å². The second-order valence-electron chi connectivity index (χ2n) is 7.78. The van der Waals surface area contributed by atoms with Gasteiger partial charge in [-0.3, -0.25) is 9.69 Å². The summed E-state index contributed by atoms with van der Waals surface area (Å²) in [4.78, 5) is 27.3. The average Bonchev–Trinajstić information content (AvgIpc) is 2.72. The van der Waals surface area contributed by atoms with E-state index < -0.39 is 14.1 Å². The number of rotatable bonds is 6. The Labute approximate surface area is 167 Å². The van der Waals surface area contributed by atoms with Gasteiger partial charge in [-0.05, 0) is 29.8 Å². The van der Waals surface area contributed by atoms with Gasteiger partial charge < -0.3 is 9.47 Å². The van der Waals surface area contributed by atoms with E-state index in [1.807, 2.05) is 18.2 Å². The van der Waals surface area contributed by atoms with Crippen LogP contribution in [-0.4, -0.2) is 40.2 Å². The molecule has 2 aromatic carbocycles. The third kappa shape index (κ3) is 3.33. The summed E-state index contributed by atoms with van der Waals surface area (Å²) >= 11 is 0. The Morgan fingerprint density at radius 2 is 1.64 bits per heavy atom. The van der Waals surface area contributed by atoms with Gasteiger partial charge in [-0.15, -0.1) is 0 Å². The highest BCUT2D eigenvalue weighted by Gasteiger charge is 2.58. The predicted octanol–water partition coefficient (Wildman–Crippen LogP) is 3.21. The number of carbonyl (C=O) groups is 2. The fourth-order valence-corrected chi connectivity index (χ4v) is 6.78. The Hall–Kier alpha value is -2.60. The van der Waals surface area contributed by atoms with E-state index in [1.165, 1.54) is 12.3 Å². The van der Waals surface area contributed by atoms with Crippen LogP contribution in [0, 0.1) is 5.92 Å². The van der Waals surface area contributed by atoms with Gasteiger partial charge in [0.2, 0.25) is 5.91 Å². The zero-order chi connectivity index (χ0) is 20.5. The summed E-state index contributed by atoms with van der Waals surface area (Å²) in [7, 11) is 0.988. The third-order valence-corrected chi connectivity index (χ3v) is 10.6.